The number of hydrogen-bond donors (Lipinski definition) is 1. The van der Waals surface area contributed by atoms with Gasteiger partial charge in [0.15, 0.2) is 6.04 Å². The lowest BCUT2D eigenvalue weighted by Gasteiger charge is -2.17. The molecule has 0 aromatic heterocycles. The molecule has 0 fully saturated rings. The van der Waals surface area contributed by atoms with Gasteiger partial charge in [0.2, 0.25) is 5.91 Å². The van der Waals surface area contributed by atoms with Gasteiger partial charge in [-0.15, -0.1) is 0 Å². The van der Waals surface area contributed by atoms with E-state index in [1.165, 1.54) is 7.11 Å². The predicted octanol–water partition coefficient (Wildman–Crippen LogP) is 3.33. The lowest BCUT2D eigenvalue weighted by atomic mass is 10.1. The molecule has 2 aromatic carbocycles. The minimum Gasteiger partial charge on any atom is -0.467 e. The first-order valence-corrected chi connectivity index (χ1v) is 7.97. The molecule has 1 atom stereocenters. The highest BCUT2D eigenvalue weighted by molar-refractivity contribution is 9.10. The number of rotatable bonds is 5. The lowest BCUT2D eigenvalue weighted by molar-refractivity contribution is -0.145. The van der Waals surface area contributed by atoms with E-state index >= 15 is 0 Å². The number of ether oxygens (including phenoxy) is 1. The van der Waals surface area contributed by atoms with Gasteiger partial charge in [-0.05, 0) is 30.2 Å². The molecule has 1 amide bonds. The van der Waals surface area contributed by atoms with Gasteiger partial charge in [0.05, 0.1) is 13.5 Å². The molecule has 5 heteroatoms. The summed E-state index contributed by atoms with van der Waals surface area (Å²) in [5.41, 5.74) is 2.71. The van der Waals surface area contributed by atoms with E-state index in [-0.39, 0.29) is 12.3 Å². The number of amides is 1. The number of carbonyl (C=O) groups excluding carboxylic acids is 2. The van der Waals surface area contributed by atoms with E-state index < -0.39 is 12.0 Å². The zero-order chi connectivity index (χ0) is 16.8. The SMILES string of the molecule is COC(=O)C(NC(=O)Cc1ccc(C)cc1)c1ccc(Br)cc1. The number of halogens is 1. The minimum atomic E-state index is -0.814. The summed E-state index contributed by atoms with van der Waals surface area (Å²) in [6.45, 7) is 1.99. The second kappa shape index (κ2) is 7.92. The maximum atomic E-state index is 12.2. The van der Waals surface area contributed by atoms with Crippen LogP contribution < -0.4 is 5.32 Å². The molecule has 2 aromatic rings. The summed E-state index contributed by atoms with van der Waals surface area (Å²) in [5, 5.41) is 2.74. The first-order valence-electron chi connectivity index (χ1n) is 7.18. The van der Waals surface area contributed by atoms with Crippen LogP contribution in [0.5, 0.6) is 0 Å². The normalized spacial score (nSPS) is 11.6. The highest BCUT2D eigenvalue weighted by Gasteiger charge is 2.23. The first kappa shape index (κ1) is 17.2. The van der Waals surface area contributed by atoms with Crippen molar-refractivity contribution in [3.63, 3.8) is 0 Å². The fourth-order valence-corrected chi connectivity index (χ4v) is 2.42. The molecule has 0 saturated heterocycles. The molecule has 0 radical (unpaired) electrons. The zero-order valence-electron chi connectivity index (χ0n) is 13.0. The van der Waals surface area contributed by atoms with Gasteiger partial charge in [-0.2, -0.15) is 0 Å². The molecule has 0 saturated carbocycles. The van der Waals surface area contributed by atoms with Crippen LogP contribution in [0, 0.1) is 6.92 Å². The van der Waals surface area contributed by atoms with Crippen LogP contribution in [-0.4, -0.2) is 19.0 Å². The molecule has 0 bridgehead atoms. The van der Waals surface area contributed by atoms with E-state index in [0.717, 1.165) is 15.6 Å². The Hall–Kier alpha value is -2.14. The van der Waals surface area contributed by atoms with Gasteiger partial charge in [-0.25, -0.2) is 4.79 Å². The summed E-state index contributed by atoms with van der Waals surface area (Å²) in [4.78, 5) is 24.2. The topological polar surface area (TPSA) is 55.4 Å². The van der Waals surface area contributed by atoms with Crippen molar-refractivity contribution in [2.45, 2.75) is 19.4 Å². The van der Waals surface area contributed by atoms with Crippen LogP contribution in [-0.2, 0) is 20.7 Å². The predicted molar refractivity (Wildman–Crippen MR) is 91.9 cm³/mol. The number of nitrogens with one attached hydrogen (secondary N) is 1. The molecule has 120 valence electrons. The van der Waals surface area contributed by atoms with Crippen molar-refractivity contribution in [2.24, 2.45) is 0 Å². The Kier molecular flexibility index (Phi) is 5.93. The van der Waals surface area contributed by atoms with Gasteiger partial charge < -0.3 is 10.1 Å². The Morgan fingerprint density at radius 3 is 2.26 bits per heavy atom. The zero-order valence-corrected chi connectivity index (χ0v) is 14.6. The molecular weight excluding hydrogens is 358 g/mol. The molecule has 4 nitrogen and oxygen atoms in total. The van der Waals surface area contributed by atoms with E-state index in [9.17, 15) is 9.59 Å². The van der Waals surface area contributed by atoms with Crippen molar-refractivity contribution in [3.8, 4) is 0 Å². The molecule has 0 spiro atoms. The van der Waals surface area contributed by atoms with Crippen LogP contribution in [0.25, 0.3) is 0 Å². The van der Waals surface area contributed by atoms with Crippen LogP contribution in [0.2, 0.25) is 0 Å². The highest BCUT2D eigenvalue weighted by atomic mass is 79.9. The van der Waals surface area contributed by atoms with Crippen molar-refractivity contribution in [2.75, 3.05) is 7.11 Å². The fraction of sp³-hybridized carbons (Fsp3) is 0.222. The van der Waals surface area contributed by atoms with Crippen LogP contribution in [0.1, 0.15) is 22.7 Å². The van der Waals surface area contributed by atoms with Crippen molar-refractivity contribution in [1.29, 1.82) is 0 Å². The Labute approximate surface area is 144 Å². The van der Waals surface area contributed by atoms with Crippen LogP contribution in [0.3, 0.4) is 0 Å². The van der Waals surface area contributed by atoms with E-state index in [1.54, 1.807) is 12.1 Å². The number of esters is 1. The minimum absolute atomic E-state index is 0.213. The first-order chi connectivity index (χ1) is 11.0. The number of hydrogen-bond acceptors (Lipinski definition) is 3. The van der Waals surface area contributed by atoms with Gasteiger partial charge in [0, 0.05) is 4.47 Å². The van der Waals surface area contributed by atoms with Gasteiger partial charge in [-0.1, -0.05) is 57.9 Å². The largest absolute Gasteiger partial charge is 0.467 e. The molecule has 2 rings (SSSR count). The quantitative estimate of drug-likeness (QED) is 0.815. The number of aryl methyl sites for hydroxylation is 1. The van der Waals surface area contributed by atoms with E-state index in [2.05, 4.69) is 21.2 Å². The number of carbonyl (C=O) groups is 2. The monoisotopic (exact) mass is 375 g/mol. The average molecular weight is 376 g/mol. The van der Waals surface area contributed by atoms with Gasteiger partial charge in [-0.3, -0.25) is 4.79 Å². The molecule has 0 aliphatic heterocycles. The molecule has 0 aliphatic carbocycles. The highest BCUT2D eigenvalue weighted by Crippen LogP contribution is 2.18. The van der Waals surface area contributed by atoms with Gasteiger partial charge >= 0.3 is 5.97 Å². The van der Waals surface area contributed by atoms with Crippen molar-refractivity contribution >= 4 is 27.8 Å². The van der Waals surface area contributed by atoms with Gasteiger partial charge in [0.25, 0.3) is 0 Å². The van der Waals surface area contributed by atoms with Crippen molar-refractivity contribution < 1.29 is 14.3 Å². The van der Waals surface area contributed by atoms with Crippen molar-refractivity contribution in [1.82, 2.24) is 5.32 Å². The molecule has 0 heterocycles. The van der Waals surface area contributed by atoms with E-state index in [0.29, 0.717) is 5.56 Å². The Morgan fingerprint density at radius 2 is 1.70 bits per heavy atom. The average Bonchev–Trinajstić information content (AvgIpc) is 2.55. The van der Waals surface area contributed by atoms with Gasteiger partial charge in [0.1, 0.15) is 0 Å². The molecular formula is C18H18BrNO3. The van der Waals surface area contributed by atoms with Crippen LogP contribution >= 0.6 is 15.9 Å². The van der Waals surface area contributed by atoms with Crippen molar-refractivity contribution in [3.05, 3.63) is 69.7 Å². The standard InChI is InChI=1S/C18H18BrNO3/c1-12-3-5-13(6-4-12)11-16(21)20-17(18(22)23-2)14-7-9-15(19)10-8-14/h3-10,17H,11H2,1-2H3,(H,20,21). The summed E-state index contributed by atoms with van der Waals surface area (Å²) < 4.78 is 5.70. The summed E-state index contributed by atoms with van der Waals surface area (Å²) in [6, 6.07) is 14.1. The molecule has 1 N–H and O–H groups in total. The molecule has 0 aliphatic rings. The summed E-state index contributed by atoms with van der Waals surface area (Å²) in [7, 11) is 1.31. The maximum absolute atomic E-state index is 12.2. The lowest BCUT2D eigenvalue weighted by Crippen LogP contribution is -2.35. The van der Waals surface area contributed by atoms with E-state index in [4.69, 9.17) is 4.74 Å². The second-order valence-electron chi connectivity index (χ2n) is 5.24. The Balaban J connectivity index is 2.11. The third kappa shape index (κ3) is 4.93. The molecule has 1 unspecified atom stereocenters. The number of benzene rings is 2. The maximum Gasteiger partial charge on any atom is 0.333 e. The summed E-state index contributed by atoms with van der Waals surface area (Å²) in [6.07, 6.45) is 0.213. The molecule has 23 heavy (non-hydrogen) atoms. The van der Waals surface area contributed by atoms with Crippen LogP contribution in [0.15, 0.2) is 53.0 Å². The van der Waals surface area contributed by atoms with Crippen LogP contribution in [0.4, 0.5) is 0 Å². The smallest absolute Gasteiger partial charge is 0.333 e. The second-order valence-corrected chi connectivity index (χ2v) is 6.15. The fourth-order valence-electron chi connectivity index (χ4n) is 2.15. The third-order valence-corrected chi connectivity index (χ3v) is 3.96. The summed E-state index contributed by atoms with van der Waals surface area (Å²) >= 11 is 3.35. The summed E-state index contributed by atoms with van der Waals surface area (Å²) in [5.74, 6) is -0.725. The number of methoxy groups -OCH3 is 1. The Morgan fingerprint density at radius 1 is 1.09 bits per heavy atom. The third-order valence-electron chi connectivity index (χ3n) is 3.43. The van der Waals surface area contributed by atoms with E-state index in [1.807, 2.05) is 43.3 Å². The Bertz CT molecular complexity index is 680.